The molecule has 0 bridgehead atoms. The van der Waals surface area contributed by atoms with Crippen LogP contribution in [0.1, 0.15) is 25.7 Å². The number of rotatable bonds is 0. The summed E-state index contributed by atoms with van der Waals surface area (Å²) in [5.41, 5.74) is 0. The molecule has 1 fully saturated rings. The molecule has 0 aliphatic heterocycles. The molecule has 0 aromatic heterocycles. The highest BCUT2D eigenvalue weighted by Crippen LogP contribution is 2.20. The quantitative estimate of drug-likeness (QED) is 0.507. The minimum absolute atomic E-state index is 0.361. The molecular formula is C6H11FO. The molecule has 0 aromatic carbocycles. The largest absolute Gasteiger partial charge is 0.393 e. The molecule has 1 saturated carbocycles. The van der Waals surface area contributed by atoms with Crippen molar-refractivity contribution >= 4 is 0 Å². The van der Waals surface area contributed by atoms with E-state index in [1.807, 2.05) is 0 Å². The van der Waals surface area contributed by atoms with Crippen LogP contribution in [0.15, 0.2) is 0 Å². The van der Waals surface area contributed by atoms with Gasteiger partial charge in [0.2, 0.25) is 0 Å². The lowest BCUT2D eigenvalue weighted by Crippen LogP contribution is -2.19. The molecule has 0 spiro atoms. The van der Waals surface area contributed by atoms with Crippen LogP contribution in [0.3, 0.4) is 0 Å². The minimum Gasteiger partial charge on any atom is -0.393 e. The zero-order valence-electron chi connectivity index (χ0n) is 4.81. The Hall–Kier alpha value is -0.110. The Morgan fingerprint density at radius 3 is 2.50 bits per heavy atom. The van der Waals surface area contributed by atoms with E-state index in [4.69, 9.17) is 5.11 Å². The van der Waals surface area contributed by atoms with E-state index in [1.165, 1.54) is 0 Å². The highest BCUT2D eigenvalue weighted by Gasteiger charge is 2.18. The molecule has 0 saturated heterocycles. The average Bonchev–Trinajstić information content (AvgIpc) is 1.64. The lowest BCUT2D eigenvalue weighted by atomic mass is 9.96. The minimum atomic E-state index is -0.737. The smallest absolute Gasteiger partial charge is 0.103 e. The highest BCUT2D eigenvalue weighted by molar-refractivity contribution is 4.70. The summed E-state index contributed by atoms with van der Waals surface area (Å²) in [7, 11) is 0. The molecule has 0 heterocycles. The second kappa shape index (κ2) is 2.44. The summed E-state index contributed by atoms with van der Waals surface area (Å²) >= 11 is 0. The summed E-state index contributed by atoms with van der Waals surface area (Å²) < 4.78 is 12.3. The van der Waals surface area contributed by atoms with Crippen molar-refractivity contribution in [2.75, 3.05) is 0 Å². The third-order valence-electron chi connectivity index (χ3n) is 1.58. The lowest BCUT2D eigenvalue weighted by Gasteiger charge is -2.19. The summed E-state index contributed by atoms with van der Waals surface area (Å²) in [6, 6.07) is 0. The van der Waals surface area contributed by atoms with Crippen molar-refractivity contribution in [1.82, 2.24) is 0 Å². The topological polar surface area (TPSA) is 20.2 Å². The highest BCUT2D eigenvalue weighted by atomic mass is 19.1. The molecule has 48 valence electrons. The molecule has 8 heavy (non-hydrogen) atoms. The standard InChI is InChI=1S/C6H11FO/c7-5-2-1-3-6(8)4-5/h5-6,8H,1-4H2/t5-,6+/m0/s1. The van der Waals surface area contributed by atoms with Crippen LogP contribution in [0.25, 0.3) is 0 Å². The van der Waals surface area contributed by atoms with Gasteiger partial charge in [0.1, 0.15) is 6.17 Å². The summed E-state index contributed by atoms with van der Waals surface area (Å²) in [6.45, 7) is 0. The zero-order chi connectivity index (χ0) is 5.98. The van der Waals surface area contributed by atoms with Gasteiger partial charge in [-0.05, 0) is 19.3 Å². The second-order valence-electron chi connectivity index (χ2n) is 2.42. The van der Waals surface area contributed by atoms with Crippen molar-refractivity contribution < 1.29 is 9.50 Å². The van der Waals surface area contributed by atoms with E-state index in [9.17, 15) is 4.39 Å². The fourth-order valence-corrected chi connectivity index (χ4v) is 1.11. The Labute approximate surface area is 48.5 Å². The van der Waals surface area contributed by atoms with Gasteiger partial charge in [-0.25, -0.2) is 4.39 Å². The Bertz CT molecular complexity index is 66.9. The summed E-state index contributed by atoms with van der Waals surface area (Å²) in [6.07, 6.45) is 1.55. The van der Waals surface area contributed by atoms with Gasteiger partial charge in [-0.1, -0.05) is 0 Å². The van der Waals surface area contributed by atoms with Gasteiger partial charge in [-0.15, -0.1) is 0 Å². The van der Waals surface area contributed by atoms with E-state index in [2.05, 4.69) is 0 Å². The van der Waals surface area contributed by atoms with Crippen molar-refractivity contribution in [1.29, 1.82) is 0 Å². The van der Waals surface area contributed by atoms with Gasteiger partial charge < -0.3 is 5.11 Å². The summed E-state index contributed by atoms with van der Waals surface area (Å²) in [4.78, 5) is 0. The Kier molecular flexibility index (Phi) is 1.84. The van der Waals surface area contributed by atoms with Crippen LogP contribution in [0, 0.1) is 0 Å². The van der Waals surface area contributed by atoms with Crippen molar-refractivity contribution in [3.63, 3.8) is 0 Å². The zero-order valence-corrected chi connectivity index (χ0v) is 4.81. The van der Waals surface area contributed by atoms with Crippen molar-refractivity contribution in [3.05, 3.63) is 0 Å². The molecule has 2 heteroatoms. The Morgan fingerprint density at radius 1 is 1.38 bits per heavy atom. The monoisotopic (exact) mass is 118 g/mol. The van der Waals surface area contributed by atoms with Gasteiger partial charge in [0.05, 0.1) is 6.10 Å². The van der Waals surface area contributed by atoms with Crippen LogP contribution in [-0.2, 0) is 0 Å². The number of aliphatic hydroxyl groups is 1. The maximum atomic E-state index is 12.3. The molecule has 1 rings (SSSR count). The molecule has 1 aliphatic rings. The van der Waals surface area contributed by atoms with E-state index >= 15 is 0 Å². The van der Waals surface area contributed by atoms with Gasteiger partial charge >= 0.3 is 0 Å². The van der Waals surface area contributed by atoms with Gasteiger partial charge in [0.25, 0.3) is 0 Å². The first-order chi connectivity index (χ1) is 3.79. The first-order valence-electron chi connectivity index (χ1n) is 3.11. The van der Waals surface area contributed by atoms with Crippen LogP contribution >= 0.6 is 0 Å². The molecule has 1 N–H and O–H groups in total. The van der Waals surface area contributed by atoms with E-state index in [0.29, 0.717) is 12.8 Å². The molecule has 2 atom stereocenters. The molecule has 1 nitrogen and oxygen atoms in total. The van der Waals surface area contributed by atoms with E-state index in [1.54, 1.807) is 0 Å². The summed E-state index contributed by atoms with van der Waals surface area (Å²) in [5, 5.41) is 8.84. The van der Waals surface area contributed by atoms with Gasteiger partial charge in [-0.3, -0.25) is 0 Å². The third kappa shape index (κ3) is 1.44. The average molecular weight is 118 g/mol. The number of alkyl halides is 1. The van der Waals surface area contributed by atoms with Crippen LogP contribution < -0.4 is 0 Å². The van der Waals surface area contributed by atoms with Crippen LogP contribution in [-0.4, -0.2) is 17.4 Å². The number of halogens is 1. The number of aliphatic hydroxyl groups excluding tert-OH is 1. The Morgan fingerprint density at radius 2 is 2.12 bits per heavy atom. The van der Waals surface area contributed by atoms with E-state index < -0.39 is 6.17 Å². The number of hydrogen-bond donors (Lipinski definition) is 1. The molecule has 1 aliphatic carbocycles. The first-order valence-corrected chi connectivity index (χ1v) is 3.11. The van der Waals surface area contributed by atoms with E-state index in [-0.39, 0.29) is 6.10 Å². The SMILES string of the molecule is O[C@@H]1CCC[C@H](F)C1. The Balaban J connectivity index is 2.23. The van der Waals surface area contributed by atoms with Gasteiger partial charge in [0.15, 0.2) is 0 Å². The molecule has 0 radical (unpaired) electrons. The maximum absolute atomic E-state index is 12.3. The normalized spacial score (nSPS) is 39.8. The predicted octanol–water partition coefficient (Wildman–Crippen LogP) is 1.26. The van der Waals surface area contributed by atoms with Crippen molar-refractivity contribution in [2.24, 2.45) is 0 Å². The number of hydrogen-bond acceptors (Lipinski definition) is 1. The first kappa shape index (κ1) is 6.02. The third-order valence-corrected chi connectivity index (χ3v) is 1.58. The van der Waals surface area contributed by atoms with Gasteiger partial charge in [0, 0.05) is 6.42 Å². The fraction of sp³-hybridized carbons (Fsp3) is 1.00. The van der Waals surface area contributed by atoms with Crippen molar-refractivity contribution in [2.45, 2.75) is 38.0 Å². The van der Waals surface area contributed by atoms with Crippen molar-refractivity contribution in [3.8, 4) is 0 Å². The fourth-order valence-electron chi connectivity index (χ4n) is 1.11. The molecule has 0 amide bonds. The van der Waals surface area contributed by atoms with Gasteiger partial charge in [-0.2, -0.15) is 0 Å². The molecule has 0 aromatic rings. The molecule has 0 unspecified atom stereocenters. The summed E-state index contributed by atoms with van der Waals surface area (Å²) in [5.74, 6) is 0. The molecular weight excluding hydrogens is 107 g/mol. The van der Waals surface area contributed by atoms with Crippen LogP contribution in [0.4, 0.5) is 4.39 Å². The predicted molar refractivity (Wildman–Crippen MR) is 29.4 cm³/mol. The van der Waals surface area contributed by atoms with E-state index in [0.717, 1.165) is 12.8 Å². The lowest BCUT2D eigenvalue weighted by molar-refractivity contribution is 0.0839. The second-order valence-corrected chi connectivity index (χ2v) is 2.42. The maximum Gasteiger partial charge on any atom is 0.103 e. The van der Waals surface area contributed by atoms with Crippen LogP contribution in [0.5, 0.6) is 0 Å². The van der Waals surface area contributed by atoms with Crippen LogP contribution in [0.2, 0.25) is 0 Å².